The molecule has 4 aromatic rings. The zero-order chi connectivity index (χ0) is 21.5. The van der Waals surface area contributed by atoms with E-state index in [2.05, 4.69) is 36.4 Å². The summed E-state index contributed by atoms with van der Waals surface area (Å²) in [6.07, 6.45) is -0.939. The van der Waals surface area contributed by atoms with Crippen molar-refractivity contribution in [3.63, 3.8) is 0 Å². The van der Waals surface area contributed by atoms with Crippen molar-refractivity contribution in [1.29, 1.82) is 0 Å². The van der Waals surface area contributed by atoms with Crippen molar-refractivity contribution in [2.24, 2.45) is 0 Å². The highest BCUT2D eigenvalue weighted by Crippen LogP contribution is 2.32. The van der Waals surface area contributed by atoms with Crippen LogP contribution in [0.1, 0.15) is 41.4 Å². The van der Waals surface area contributed by atoms with E-state index in [9.17, 15) is 0 Å². The third-order valence-electron chi connectivity index (χ3n) is 5.14. The monoisotopic (exact) mass is 428 g/mol. The van der Waals surface area contributed by atoms with Gasteiger partial charge in [-0.1, -0.05) is 115 Å². The highest BCUT2D eigenvalue weighted by molar-refractivity contribution is 6.30. The van der Waals surface area contributed by atoms with E-state index in [1.807, 2.05) is 85.8 Å². The lowest BCUT2D eigenvalue weighted by Crippen LogP contribution is -2.21. The minimum atomic E-state index is -0.453. The van der Waals surface area contributed by atoms with Crippen LogP contribution in [0.5, 0.6) is 0 Å². The predicted octanol–water partition coefficient (Wildman–Crippen LogP) is 7.60. The van der Waals surface area contributed by atoms with Crippen molar-refractivity contribution >= 4 is 11.6 Å². The molecule has 0 aliphatic carbocycles. The smallest absolute Gasteiger partial charge is 0.157 e. The molecule has 0 radical (unpaired) electrons. The molecule has 156 valence electrons. The van der Waals surface area contributed by atoms with Crippen molar-refractivity contribution in [3.8, 4) is 0 Å². The number of hydrogen-bond donors (Lipinski definition) is 0. The highest BCUT2D eigenvalue weighted by atomic mass is 35.5. The Kier molecular flexibility index (Phi) is 7.16. The van der Waals surface area contributed by atoms with Crippen molar-refractivity contribution in [3.05, 3.63) is 143 Å². The van der Waals surface area contributed by atoms with Crippen LogP contribution in [-0.2, 0) is 9.47 Å². The topological polar surface area (TPSA) is 18.5 Å². The Morgan fingerprint density at radius 3 is 1.16 bits per heavy atom. The van der Waals surface area contributed by atoms with E-state index in [4.69, 9.17) is 21.1 Å². The van der Waals surface area contributed by atoms with Crippen LogP contribution < -0.4 is 0 Å². The van der Waals surface area contributed by atoms with Crippen LogP contribution in [0, 0.1) is 0 Å². The first-order valence-corrected chi connectivity index (χ1v) is 10.8. The lowest BCUT2D eigenvalue weighted by molar-refractivity contribution is -0.171. The van der Waals surface area contributed by atoms with Crippen molar-refractivity contribution < 1.29 is 9.47 Å². The second-order valence-electron chi connectivity index (χ2n) is 7.38. The van der Waals surface area contributed by atoms with E-state index < -0.39 is 6.29 Å². The molecule has 0 saturated heterocycles. The average molecular weight is 429 g/mol. The predicted molar refractivity (Wildman–Crippen MR) is 126 cm³/mol. The van der Waals surface area contributed by atoms with Crippen LogP contribution in [0.2, 0.25) is 5.02 Å². The van der Waals surface area contributed by atoms with E-state index in [0.29, 0.717) is 5.02 Å². The fraction of sp³-hybridized carbons (Fsp3) is 0.143. The fourth-order valence-electron chi connectivity index (χ4n) is 3.64. The van der Waals surface area contributed by atoms with Crippen LogP contribution in [-0.4, -0.2) is 6.29 Å². The molecule has 0 aliphatic heterocycles. The number of hydrogen-bond acceptors (Lipinski definition) is 2. The van der Waals surface area contributed by atoms with Gasteiger partial charge in [0.05, 0.1) is 0 Å². The first-order chi connectivity index (χ1) is 15.2. The summed E-state index contributed by atoms with van der Waals surface area (Å²) < 4.78 is 12.9. The molecule has 0 aromatic heterocycles. The summed E-state index contributed by atoms with van der Waals surface area (Å²) in [6, 6.07) is 38.4. The molecule has 2 unspecified atom stereocenters. The SMILES string of the molecule is CC(OC(c1ccccc1)c1ccccc1)OC(c1ccccc1)c1ccc(Cl)cc1. The molecule has 0 spiro atoms. The van der Waals surface area contributed by atoms with E-state index in [-0.39, 0.29) is 12.2 Å². The van der Waals surface area contributed by atoms with Gasteiger partial charge in [-0.05, 0) is 41.3 Å². The second-order valence-corrected chi connectivity index (χ2v) is 7.82. The van der Waals surface area contributed by atoms with Gasteiger partial charge in [-0.3, -0.25) is 0 Å². The fourth-order valence-corrected chi connectivity index (χ4v) is 3.76. The summed E-state index contributed by atoms with van der Waals surface area (Å²) in [4.78, 5) is 0. The van der Waals surface area contributed by atoms with Gasteiger partial charge in [0.2, 0.25) is 0 Å². The first kappa shape index (κ1) is 21.3. The van der Waals surface area contributed by atoms with Gasteiger partial charge in [0, 0.05) is 5.02 Å². The molecule has 0 N–H and O–H groups in total. The largest absolute Gasteiger partial charge is 0.340 e. The van der Waals surface area contributed by atoms with E-state index in [1.54, 1.807) is 0 Å². The Hall–Kier alpha value is -2.91. The summed E-state index contributed by atoms with van der Waals surface area (Å²) in [6.45, 7) is 1.95. The summed E-state index contributed by atoms with van der Waals surface area (Å²) in [5, 5.41) is 0.702. The normalized spacial score (nSPS) is 13.1. The van der Waals surface area contributed by atoms with Crippen molar-refractivity contribution in [2.45, 2.75) is 25.4 Å². The number of rotatable bonds is 8. The Morgan fingerprint density at radius 1 is 0.484 bits per heavy atom. The van der Waals surface area contributed by atoms with Crippen LogP contribution in [0.3, 0.4) is 0 Å². The van der Waals surface area contributed by atoms with Gasteiger partial charge in [0.25, 0.3) is 0 Å². The Labute approximate surface area is 189 Å². The van der Waals surface area contributed by atoms with Gasteiger partial charge < -0.3 is 9.47 Å². The maximum atomic E-state index is 6.47. The first-order valence-electron chi connectivity index (χ1n) is 10.4. The van der Waals surface area contributed by atoms with Gasteiger partial charge >= 0.3 is 0 Å². The van der Waals surface area contributed by atoms with Gasteiger partial charge in [-0.25, -0.2) is 0 Å². The number of benzene rings is 4. The zero-order valence-corrected chi connectivity index (χ0v) is 18.2. The molecule has 0 saturated carbocycles. The molecule has 0 amide bonds. The van der Waals surface area contributed by atoms with Crippen LogP contribution >= 0.6 is 11.6 Å². The molecule has 31 heavy (non-hydrogen) atoms. The molecule has 0 fully saturated rings. The van der Waals surface area contributed by atoms with Gasteiger partial charge in [0.1, 0.15) is 12.2 Å². The van der Waals surface area contributed by atoms with Crippen molar-refractivity contribution in [2.75, 3.05) is 0 Å². The summed E-state index contributed by atoms with van der Waals surface area (Å²) in [5.41, 5.74) is 4.28. The van der Waals surface area contributed by atoms with Gasteiger partial charge in [0.15, 0.2) is 6.29 Å². The summed E-state index contributed by atoms with van der Waals surface area (Å²) >= 11 is 6.11. The molecular weight excluding hydrogens is 404 g/mol. The average Bonchev–Trinajstić information content (AvgIpc) is 2.83. The van der Waals surface area contributed by atoms with Crippen molar-refractivity contribution in [1.82, 2.24) is 0 Å². The molecule has 0 bridgehead atoms. The minimum absolute atomic E-state index is 0.223. The van der Waals surface area contributed by atoms with E-state index >= 15 is 0 Å². The van der Waals surface area contributed by atoms with E-state index in [1.165, 1.54) is 0 Å². The standard InChI is InChI=1S/C28H25ClO2/c1-21(30-27(22-11-5-2-6-12-22)23-13-7-3-8-14-23)31-28(24-15-9-4-10-16-24)25-17-19-26(29)20-18-25/h2-21,27-28H,1H3. The number of halogens is 1. The highest BCUT2D eigenvalue weighted by Gasteiger charge is 2.23. The summed E-state index contributed by atoms with van der Waals surface area (Å²) in [5.74, 6) is 0. The zero-order valence-electron chi connectivity index (χ0n) is 17.4. The minimum Gasteiger partial charge on any atom is -0.340 e. The molecule has 2 nitrogen and oxygen atoms in total. The van der Waals surface area contributed by atoms with Gasteiger partial charge in [-0.2, -0.15) is 0 Å². The lowest BCUT2D eigenvalue weighted by atomic mass is 10.0. The molecule has 2 atom stereocenters. The van der Waals surface area contributed by atoms with E-state index in [0.717, 1.165) is 22.3 Å². The van der Waals surface area contributed by atoms with Gasteiger partial charge in [-0.15, -0.1) is 0 Å². The Morgan fingerprint density at radius 2 is 0.806 bits per heavy atom. The third kappa shape index (κ3) is 5.62. The summed E-state index contributed by atoms with van der Waals surface area (Å²) in [7, 11) is 0. The van der Waals surface area contributed by atoms with Crippen LogP contribution in [0.25, 0.3) is 0 Å². The molecule has 0 heterocycles. The molecular formula is C28H25ClO2. The second kappa shape index (κ2) is 10.4. The maximum Gasteiger partial charge on any atom is 0.157 e. The Balaban J connectivity index is 1.60. The van der Waals surface area contributed by atoms with Crippen LogP contribution in [0.4, 0.5) is 0 Å². The third-order valence-corrected chi connectivity index (χ3v) is 5.39. The maximum absolute atomic E-state index is 6.47. The lowest BCUT2D eigenvalue weighted by Gasteiger charge is -2.28. The molecule has 4 rings (SSSR count). The number of ether oxygens (including phenoxy) is 2. The van der Waals surface area contributed by atoms with Crippen LogP contribution in [0.15, 0.2) is 115 Å². The molecule has 0 aliphatic rings. The Bertz CT molecular complexity index is 1010. The quantitative estimate of drug-likeness (QED) is 0.269. The molecule has 4 aromatic carbocycles. The molecule has 3 heteroatoms.